The predicted octanol–water partition coefficient (Wildman–Crippen LogP) is 3.45. The Labute approximate surface area is 117 Å². The van der Waals surface area contributed by atoms with Gasteiger partial charge in [-0.05, 0) is 45.2 Å². The summed E-state index contributed by atoms with van der Waals surface area (Å²) in [4.78, 5) is 12.4. The zero-order valence-corrected chi connectivity index (χ0v) is 12.0. The molecule has 2 aliphatic rings. The Hall–Kier alpha value is -0.890. The largest absolute Gasteiger partial charge is 0.320 e. The first-order valence-corrected chi connectivity index (χ1v) is 7.65. The van der Waals surface area contributed by atoms with Gasteiger partial charge in [-0.15, -0.1) is 0 Å². The number of carbonyl (C=O) groups excluding carboxylic acids is 1. The molecule has 0 amide bonds. The minimum Gasteiger partial charge on any atom is -0.320 e. The van der Waals surface area contributed by atoms with E-state index in [9.17, 15) is 4.79 Å². The average molecular weight is 260 g/mol. The molecule has 1 saturated carbocycles. The van der Waals surface area contributed by atoms with Gasteiger partial charge in [-0.1, -0.05) is 36.6 Å². The van der Waals surface area contributed by atoms with E-state index < -0.39 is 0 Å². The van der Waals surface area contributed by atoms with Crippen molar-refractivity contribution in [1.29, 1.82) is 0 Å². The number of nitrogens with one attached hydrogen (secondary N) is 1. The number of ketones is 1. The fourth-order valence-corrected chi connectivity index (χ4v) is 3.25. The van der Waals surface area contributed by atoms with Crippen LogP contribution in [0.4, 0.5) is 0 Å². The van der Waals surface area contributed by atoms with Crippen LogP contribution in [-0.4, -0.2) is 19.4 Å². The lowest BCUT2D eigenvalue weighted by Crippen LogP contribution is -2.25. The minimum absolute atomic E-state index is 0.322. The predicted molar refractivity (Wildman–Crippen MR) is 79.8 cm³/mol. The summed E-state index contributed by atoms with van der Waals surface area (Å²) in [5, 5.41) is 3.22. The Balaban J connectivity index is 1.79. The number of rotatable bonds is 6. The summed E-state index contributed by atoms with van der Waals surface area (Å²) in [6.45, 7) is 1.08. The van der Waals surface area contributed by atoms with Crippen LogP contribution in [0.5, 0.6) is 0 Å². The first kappa shape index (κ1) is 14.5. The summed E-state index contributed by atoms with van der Waals surface area (Å²) in [5.74, 6) is 1.55. The molecular formula is C17H26NO. The van der Waals surface area contributed by atoms with Gasteiger partial charge in [-0.2, -0.15) is 0 Å². The highest BCUT2D eigenvalue weighted by atomic mass is 16.1. The third kappa shape index (κ3) is 4.61. The SMILES string of the molecule is CNCCC1CCCC(C(=O)CC2=C[CH]C=CC2)C1. The van der Waals surface area contributed by atoms with Crippen LogP contribution in [0.25, 0.3) is 0 Å². The first-order chi connectivity index (χ1) is 9.29. The van der Waals surface area contributed by atoms with Crippen LogP contribution in [-0.2, 0) is 4.79 Å². The molecule has 0 aromatic carbocycles. The van der Waals surface area contributed by atoms with Crippen LogP contribution in [0.1, 0.15) is 44.9 Å². The highest BCUT2D eigenvalue weighted by Gasteiger charge is 2.27. The molecule has 0 spiro atoms. The van der Waals surface area contributed by atoms with Gasteiger partial charge in [-0.25, -0.2) is 0 Å². The van der Waals surface area contributed by atoms with Crippen molar-refractivity contribution in [3.8, 4) is 0 Å². The third-order valence-corrected chi connectivity index (χ3v) is 4.40. The fraction of sp³-hybridized carbons (Fsp3) is 0.647. The van der Waals surface area contributed by atoms with Crippen LogP contribution in [0.2, 0.25) is 0 Å². The Kier molecular flexibility index (Phi) is 5.84. The molecular weight excluding hydrogens is 234 g/mol. The second-order valence-electron chi connectivity index (χ2n) is 5.91. The van der Waals surface area contributed by atoms with Crippen molar-refractivity contribution in [1.82, 2.24) is 5.32 Å². The van der Waals surface area contributed by atoms with Crippen molar-refractivity contribution in [3.05, 3.63) is 30.2 Å². The maximum Gasteiger partial charge on any atom is 0.140 e. The Morgan fingerprint density at radius 1 is 1.42 bits per heavy atom. The molecule has 2 rings (SSSR count). The van der Waals surface area contributed by atoms with Crippen molar-refractivity contribution in [2.45, 2.75) is 44.9 Å². The molecule has 0 aromatic heterocycles. The van der Waals surface area contributed by atoms with Crippen molar-refractivity contribution in [2.75, 3.05) is 13.6 Å². The van der Waals surface area contributed by atoms with Gasteiger partial charge in [0.05, 0.1) is 0 Å². The number of allylic oxidation sites excluding steroid dienone is 4. The molecule has 19 heavy (non-hydrogen) atoms. The van der Waals surface area contributed by atoms with Crippen molar-refractivity contribution >= 4 is 5.78 Å². The molecule has 2 nitrogen and oxygen atoms in total. The maximum absolute atomic E-state index is 12.4. The number of hydrogen-bond donors (Lipinski definition) is 1. The third-order valence-electron chi connectivity index (χ3n) is 4.40. The van der Waals surface area contributed by atoms with Crippen LogP contribution >= 0.6 is 0 Å². The standard InChI is InChI=1S/C17H26NO/c1-18-11-10-15-8-5-9-16(12-15)17(19)13-14-6-3-2-4-7-14/h2-4,6,15-16,18H,5,7-13H2,1H3. The van der Waals surface area contributed by atoms with E-state index >= 15 is 0 Å². The van der Waals surface area contributed by atoms with Crippen molar-refractivity contribution in [2.24, 2.45) is 11.8 Å². The summed E-state index contributed by atoms with van der Waals surface area (Å²) in [5.41, 5.74) is 1.28. The van der Waals surface area contributed by atoms with Crippen molar-refractivity contribution in [3.63, 3.8) is 0 Å². The lowest BCUT2D eigenvalue weighted by atomic mass is 9.76. The van der Waals surface area contributed by atoms with Crippen molar-refractivity contribution < 1.29 is 4.79 Å². The minimum atomic E-state index is 0.322. The topological polar surface area (TPSA) is 29.1 Å². The van der Waals surface area contributed by atoms with Gasteiger partial charge < -0.3 is 5.32 Å². The number of hydrogen-bond acceptors (Lipinski definition) is 2. The maximum atomic E-state index is 12.4. The van der Waals surface area contributed by atoms with E-state index in [2.05, 4.69) is 23.5 Å². The van der Waals surface area contributed by atoms with Gasteiger partial charge in [0.15, 0.2) is 0 Å². The number of Topliss-reactive ketones (excluding diaryl/α,β-unsaturated/α-hetero) is 1. The molecule has 0 aromatic rings. The molecule has 1 fully saturated rings. The monoisotopic (exact) mass is 260 g/mol. The molecule has 0 saturated heterocycles. The van der Waals surface area contributed by atoms with Gasteiger partial charge in [0, 0.05) is 18.8 Å². The molecule has 2 aliphatic carbocycles. The van der Waals surface area contributed by atoms with E-state index in [0.29, 0.717) is 18.1 Å². The Morgan fingerprint density at radius 3 is 3.05 bits per heavy atom. The lowest BCUT2D eigenvalue weighted by Gasteiger charge is -2.28. The smallest absolute Gasteiger partial charge is 0.140 e. The summed E-state index contributed by atoms with van der Waals surface area (Å²) in [7, 11) is 2.00. The van der Waals surface area contributed by atoms with E-state index in [-0.39, 0.29) is 0 Å². The lowest BCUT2D eigenvalue weighted by molar-refractivity contribution is -0.123. The normalized spacial score (nSPS) is 27.1. The summed E-state index contributed by atoms with van der Waals surface area (Å²) < 4.78 is 0. The first-order valence-electron chi connectivity index (χ1n) is 7.65. The van der Waals surface area contributed by atoms with Gasteiger partial charge in [0.2, 0.25) is 0 Å². The molecule has 2 heteroatoms. The zero-order valence-electron chi connectivity index (χ0n) is 12.0. The van der Waals surface area contributed by atoms with Gasteiger partial charge in [-0.3, -0.25) is 4.79 Å². The Morgan fingerprint density at radius 2 is 2.32 bits per heavy atom. The summed E-state index contributed by atoms with van der Waals surface area (Å²) >= 11 is 0. The van der Waals surface area contributed by atoms with Gasteiger partial charge >= 0.3 is 0 Å². The molecule has 105 valence electrons. The molecule has 1 radical (unpaired) electrons. The van der Waals surface area contributed by atoms with Crippen LogP contribution in [0.15, 0.2) is 23.8 Å². The highest BCUT2D eigenvalue weighted by molar-refractivity contribution is 5.83. The summed E-state index contributed by atoms with van der Waals surface area (Å²) in [6.07, 6.45) is 16.0. The van der Waals surface area contributed by atoms with E-state index in [4.69, 9.17) is 0 Å². The second-order valence-corrected chi connectivity index (χ2v) is 5.91. The fourth-order valence-electron chi connectivity index (χ4n) is 3.25. The van der Waals surface area contributed by atoms with Gasteiger partial charge in [0.1, 0.15) is 5.78 Å². The van der Waals surface area contributed by atoms with E-state index in [0.717, 1.165) is 31.7 Å². The highest BCUT2D eigenvalue weighted by Crippen LogP contribution is 2.33. The molecule has 0 heterocycles. The molecule has 0 aliphatic heterocycles. The van der Waals surface area contributed by atoms with Crippen LogP contribution in [0, 0.1) is 18.3 Å². The molecule has 2 unspecified atom stereocenters. The van der Waals surface area contributed by atoms with E-state index in [1.807, 2.05) is 13.5 Å². The average Bonchev–Trinajstić information content (AvgIpc) is 2.46. The Bertz CT molecular complexity index is 356. The summed E-state index contributed by atoms with van der Waals surface area (Å²) in [6, 6.07) is 0. The van der Waals surface area contributed by atoms with Crippen LogP contribution in [0.3, 0.4) is 0 Å². The number of carbonyl (C=O) groups is 1. The van der Waals surface area contributed by atoms with E-state index in [1.165, 1.54) is 24.8 Å². The molecule has 2 atom stereocenters. The van der Waals surface area contributed by atoms with E-state index in [1.54, 1.807) is 0 Å². The van der Waals surface area contributed by atoms with Gasteiger partial charge in [0.25, 0.3) is 0 Å². The van der Waals surface area contributed by atoms with Crippen LogP contribution < -0.4 is 5.32 Å². The zero-order chi connectivity index (χ0) is 13.5. The molecule has 1 N–H and O–H groups in total. The quantitative estimate of drug-likeness (QED) is 0.792. The molecule has 0 bridgehead atoms. The second kappa shape index (κ2) is 7.64.